The molecule has 0 aliphatic rings. The van der Waals surface area contributed by atoms with Crippen molar-refractivity contribution < 1.29 is 9.53 Å². The molecule has 0 spiro atoms. The summed E-state index contributed by atoms with van der Waals surface area (Å²) in [6.45, 7) is 1.87. The van der Waals surface area contributed by atoms with Gasteiger partial charge in [-0.3, -0.25) is 4.79 Å². The molecule has 0 unspecified atom stereocenters. The molecule has 0 aliphatic heterocycles. The Hall–Kier alpha value is -1.36. The predicted octanol–water partition coefficient (Wildman–Crippen LogP) is 1.05. The minimum atomic E-state index is -0.329. The zero-order valence-electron chi connectivity index (χ0n) is 8.82. The molecule has 1 heterocycles. The maximum Gasteiger partial charge on any atom is 0.325 e. The quantitative estimate of drug-likeness (QED) is 0.573. The molecule has 1 aromatic heterocycles. The number of aryl methyl sites for hydroxylation is 1. The van der Waals surface area contributed by atoms with Crippen LogP contribution < -0.4 is 4.90 Å². The fourth-order valence-corrected chi connectivity index (χ4v) is 1.27. The highest BCUT2D eigenvalue weighted by Gasteiger charge is 2.09. The highest BCUT2D eigenvalue weighted by molar-refractivity contribution is 6.29. The van der Waals surface area contributed by atoms with Gasteiger partial charge in [-0.2, -0.15) is 0 Å². The van der Waals surface area contributed by atoms with Gasteiger partial charge in [0.15, 0.2) is 0 Å². The van der Waals surface area contributed by atoms with Gasteiger partial charge in [-0.1, -0.05) is 11.6 Å². The zero-order chi connectivity index (χ0) is 11.4. The number of halogens is 1. The number of ether oxygens (including phenoxy) is 1. The second-order valence-electron chi connectivity index (χ2n) is 3.03. The van der Waals surface area contributed by atoms with Crippen LogP contribution in [0.25, 0.3) is 0 Å². The molecule has 0 saturated carbocycles. The Morgan fingerprint density at radius 3 is 2.80 bits per heavy atom. The molecule has 0 bridgehead atoms. The van der Waals surface area contributed by atoms with Crippen molar-refractivity contribution in [2.75, 3.05) is 25.6 Å². The fourth-order valence-electron chi connectivity index (χ4n) is 1.05. The summed E-state index contributed by atoms with van der Waals surface area (Å²) in [5.41, 5.74) is 0. The lowest BCUT2D eigenvalue weighted by atomic mass is 10.4. The van der Waals surface area contributed by atoms with Crippen molar-refractivity contribution in [1.82, 2.24) is 9.97 Å². The molecule has 5 nitrogen and oxygen atoms in total. The van der Waals surface area contributed by atoms with E-state index in [4.69, 9.17) is 11.6 Å². The van der Waals surface area contributed by atoms with E-state index in [2.05, 4.69) is 14.7 Å². The van der Waals surface area contributed by atoms with Gasteiger partial charge in [0.25, 0.3) is 0 Å². The van der Waals surface area contributed by atoms with E-state index in [1.165, 1.54) is 7.11 Å². The minimum absolute atomic E-state index is 0.128. The smallest absolute Gasteiger partial charge is 0.325 e. The predicted molar refractivity (Wildman–Crippen MR) is 57.1 cm³/mol. The number of nitrogens with zero attached hydrogens (tertiary/aromatic N) is 3. The fraction of sp³-hybridized carbons (Fsp3) is 0.444. The molecule has 0 radical (unpaired) electrons. The van der Waals surface area contributed by atoms with Crippen LogP contribution >= 0.6 is 11.6 Å². The number of hydrogen-bond donors (Lipinski definition) is 0. The Balaban J connectivity index is 2.81. The van der Waals surface area contributed by atoms with Crippen LogP contribution in [0, 0.1) is 6.92 Å². The molecule has 0 atom stereocenters. The van der Waals surface area contributed by atoms with Crippen molar-refractivity contribution in [3.8, 4) is 0 Å². The molecular formula is C9H12ClN3O2. The molecule has 6 heteroatoms. The first-order valence-corrected chi connectivity index (χ1v) is 4.70. The first-order chi connectivity index (χ1) is 7.02. The van der Waals surface area contributed by atoms with Crippen molar-refractivity contribution in [2.24, 2.45) is 0 Å². The van der Waals surface area contributed by atoms with Crippen molar-refractivity contribution in [3.05, 3.63) is 17.0 Å². The lowest BCUT2D eigenvalue weighted by molar-refractivity contribution is -0.138. The number of carbonyl (C=O) groups excluding carboxylic acids is 1. The number of likely N-dealkylation sites (N-methyl/N-ethyl adjacent to an activating group) is 1. The number of hydrogen-bond acceptors (Lipinski definition) is 5. The minimum Gasteiger partial charge on any atom is -0.468 e. The van der Waals surface area contributed by atoms with E-state index in [1.807, 2.05) is 0 Å². The number of carbonyl (C=O) groups is 1. The maximum atomic E-state index is 11.0. The van der Waals surface area contributed by atoms with Gasteiger partial charge in [-0.05, 0) is 6.92 Å². The van der Waals surface area contributed by atoms with E-state index >= 15 is 0 Å². The molecule has 1 aromatic rings. The third kappa shape index (κ3) is 3.36. The van der Waals surface area contributed by atoms with Crippen LogP contribution in [0.5, 0.6) is 0 Å². The van der Waals surface area contributed by atoms with E-state index in [0.29, 0.717) is 16.8 Å². The van der Waals surface area contributed by atoms with Gasteiger partial charge in [0, 0.05) is 13.1 Å². The van der Waals surface area contributed by atoms with E-state index in [1.54, 1.807) is 24.9 Å². The second kappa shape index (κ2) is 4.93. The Labute approximate surface area is 93.0 Å². The molecule has 0 amide bonds. The van der Waals surface area contributed by atoms with E-state index in [9.17, 15) is 4.79 Å². The van der Waals surface area contributed by atoms with Crippen LogP contribution in [0.2, 0.25) is 5.15 Å². The third-order valence-corrected chi connectivity index (χ3v) is 1.97. The molecule has 82 valence electrons. The summed E-state index contributed by atoms with van der Waals surface area (Å²) in [6.07, 6.45) is 0. The maximum absolute atomic E-state index is 11.0. The van der Waals surface area contributed by atoms with Crippen LogP contribution in [-0.4, -0.2) is 36.6 Å². The van der Waals surface area contributed by atoms with Crippen molar-refractivity contribution in [2.45, 2.75) is 6.92 Å². The average Bonchev–Trinajstić information content (AvgIpc) is 2.16. The van der Waals surface area contributed by atoms with Crippen LogP contribution in [0.4, 0.5) is 5.82 Å². The number of methoxy groups -OCH3 is 1. The zero-order valence-corrected chi connectivity index (χ0v) is 9.58. The normalized spacial score (nSPS) is 9.87. The molecule has 15 heavy (non-hydrogen) atoms. The first-order valence-electron chi connectivity index (χ1n) is 4.32. The van der Waals surface area contributed by atoms with Crippen LogP contribution in [-0.2, 0) is 9.53 Å². The van der Waals surface area contributed by atoms with Gasteiger partial charge < -0.3 is 9.64 Å². The molecule has 0 aromatic carbocycles. The largest absolute Gasteiger partial charge is 0.468 e. The van der Waals surface area contributed by atoms with Crippen LogP contribution in [0.1, 0.15) is 5.82 Å². The Bertz CT molecular complexity index is 350. The van der Waals surface area contributed by atoms with Crippen LogP contribution in [0.15, 0.2) is 6.07 Å². The van der Waals surface area contributed by atoms with Crippen LogP contribution in [0.3, 0.4) is 0 Å². The monoisotopic (exact) mass is 229 g/mol. The molecule has 0 N–H and O–H groups in total. The highest BCUT2D eigenvalue weighted by atomic mass is 35.5. The second-order valence-corrected chi connectivity index (χ2v) is 3.42. The molecule has 0 saturated heterocycles. The summed E-state index contributed by atoms with van der Waals surface area (Å²) in [5.74, 6) is 0.831. The Kier molecular flexibility index (Phi) is 3.85. The summed E-state index contributed by atoms with van der Waals surface area (Å²) in [6, 6.07) is 1.59. The van der Waals surface area contributed by atoms with Gasteiger partial charge in [-0.15, -0.1) is 0 Å². The molecule has 0 aliphatic carbocycles. The van der Waals surface area contributed by atoms with E-state index < -0.39 is 0 Å². The lowest BCUT2D eigenvalue weighted by Crippen LogP contribution is -2.27. The van der Waals surface area contributed by atoms with Gasteiger partial charge in [0.05, 0.1) is 7.11 Å². The van der Waals surface area contributed by atoms with E-state index in [-0.39, 0.29) is 12.5 Å². The topological polar surface area (TPSA) is 55.3 Å². The first kappa shape index (κ1) is 11.7. The van der Waals surface area contributed by atoms with Gasteiger partial charge >= 0.3 is 5.97 Å². The number of anilines is 1. The summed E-state index contributed by atoms with van der Waals surface area (Å²) >= 11 is 5.77. The average molecular weight is 230 g/mol. The molecule has 0 fully saturated rings. The molecule has 1 rings (SSSR count). The van der Waals surface area contributed by atoms with Crippen molar-refractivity contribution >= 4 is 23.4 Å². The van der Waals surface area contributed by atoms with Crippen molar-refractivity contribution in [3.63, 3.8) is 0 Å². The SMILES string of the molecule is COC(=O)CN(C)c1cc(Cl)nc(C)n1. The summed E-state index contributed by atoms with van der Waals surface area (Å²) in [7, 11) is 3.07. The van der Waals surface area contributed by atoms with Gasteiger partial charge in [-0.25, -0.2) is 9.97 Å². The Morgan fingerprint density at radius 2 is 2.27 bits per heavy atom. The van der Waals surface area contributed by atoms with E-state index in [0.717, 1.165) is 0 Å². The van der Waals surface area contributed by atoms with Gasteiger partial charge in [0.1, 0.15) is 23.3 Å². The molecular weight excluding hydrogens is 218 g/mol. The third-order valence-electron chi connectivity index (χ3n) is 1.78. The number of rotatable bonds is 3. The van der Waals surface area contributed by atoms with Crippen molar-refractivity contribution in [1.29, 1.82) is 0 Å². The summed E-state index contributed by atoms with van der Waals surface area (Å²) in [5, 5.41) is 0.356. The number of esters is 1. The number of aromatic nitrogens is 2. The lowest BCUT2D eigenvalue weighted by Gasteiger charge is -2.16. The standard InChI is InChI=1S/C9H12ClN3O2/c1-6-11-7(10)4-8(12-6)13(2)5-9(14)15-3/h4H,5H2,1-3H3. The van der Waals surface area contributed by atoms with Gasteiger partial charge in [0.2, 0.25) is 0 Å². The summed E-state index contributed by atoms with van der Waals surface area (Å²) in [4.78, 5) is 20.7. The highest BCUT2D eigenvalue weighted by Crippen LogP contribution is 2.14. The summed E-state index contributed by atoms with van der Waals surface area (Å²) < 4.78 is 4.55. The Morgan fingerprint density at radius 1 is 1.60 bits per heavy atom.